The topological polar surface area (TPSA) is 16.1 Å². The van der Waals surface area contributed by atoms with Crippen molar-refractivity contribution in [3.63, 3.8) is 0 Å². The molecule has 2 aliphatic heterocycles. The molecular formula is C25H16N2. The first kappa shape index (κ1) is 13.8. The van der Waals surface area contributed by atoms with Gasteiger partial charge in [-0.1, -0.05) is 54.6 Å². The highest BCUT2D eigenvalue weighted by molar-refractivity contribution is 6.22. The summed E-state index contributed by atoms with van der Waals surface area (Å²) >= 11 is 0. The Hall–Kier alpha value is -3.39. The summed E-state index contributed by atoms with van der Waals surface area (Å²) in [4.78, 5) is 7.32. The number of benzene rings is 3. The van der Waals surface area contributed by atoms with E-state index in [1.807, 2.05) is 6.20 Å². The molecule has 2 heteroatoms. The average Bonchev–Trinajstić information content (AvgIpc) is 2.74. The van der Waals surface area contributed by atoms with Crippen molar-refractivity contribution in [2.45, 2.75) is 12.8 Å². The molecule has 0 saturated carbocycles. The molecule has 1 aromatic heterocycles. The Morgan fingerprint density at radius 2 is 1.59 bits per heavy atom. The Bertz CT molecular complexity index is 1370. The lowest BCUT2D eigenvalue weighted by Gasteiger charge is -2.40. The van der Waals surface area contributed by atoms with Crippen molar-refractivity contribution in [3.05, 3.63) is 84.3 Å². The van der Waals surface area contributed by atoms with Gasteiger partial charge in [-0.15, -0.1) is 0 Å². The Labute approximate surface area is 157 Å². The molecule has 3 aromatic carbocycles. The van der Waals surface area contributed by atoms with Crippen molar-refractivity contribution in [3.8, 4) is 11.1 Å². The van der Waals surface area contributed by atoms with E-state index >= 15 is 0 Å². The third kappa shape index (κ3) is 1.55. The molecule has 0 saturated heterocycles. The number of nitrogens with zero attached hydrogens (tertiary/aromatic N) is 2. The number of aromatic nitrogens is 1. The van der Waals surface area contributed by atoms with Gasteiger partial charge >= 0.3 is 0 Å². The Morgan fingerprint density at radius 1 is 0.741 bits per heavy atom. The average molecular weight is 344 g/mol. The van der Waals surface area contributed by atoms with Gasteiger partial charge in [-0.2, -0.15) is 0 Å². The summed E-state index contributed by atoms with van der Waals surface area (Å²) in [6.07, 6.45) is 8.88. The molecule has 0 fully saturated rings. The fourth-order valence-electron chi connectivity index (χ4n) is 5.10. The summed E-state index contributed by atoms with van der Waals surface area (Å²) in [6, 6.07) is 20.0. The van der Waals surface area contributed by atoms with Crippen molar-refractivity contribution in [1.82, 2.24) is 4.98 Å². The van der Waals surface area contributed by atoms with E-state index in [2.05, 4.69) is 71.6 Å². The molecule has 2 nitrogen and oxygen atoms in total. The van der Waals surface area contributed by atoms with Crippen LogP contribution in [0.25, 0.3) is 38.2 Å². The number of hydrogen-bond acceptors (Lipinski definition) is 2. The highest BCUT2D eigenvalue weighted by Gasteiger charge is 2.35. The number of allylic oxidation sites excluding steroid dienone is 3. The lowest BCUT2D eigenvalue weighted by atomic mass is 9.83. The molecule has 0 spiro atoms. The second kappa shape index (κ2) is 4.66. The summed E-state index contributed by atoms with van der Waals surface area (Å²) in [6.45, 7) is 0. The minimum atomic E-state index is 1.08. The predicted molar refractivity (Wildman–Crippen MR) is 112 cm³/mol. The highest BCUT2D eigenvalue weighted by Crippen LogP contribution is 2.57. The number of rotatable bonds is 0. The third-order valence-corrected chi connectivity index (χ3v) is 6.17. The number of fused-ring (bicyclic) bond motifs is 5. The zero-order valence-corrected chi connectivity index (χ0v) is 14.7. The predicted octanol–water partition coefficient (Wildman–Crippen LogP) is 6.58. The first-order valence-corrected chi connectivity index (χ1v) is 9.57. The van der Waals surface area contributed by atoms with E-state index in [9.17, 15) is 0 Å². The fourth-order valence-corrected chi connectivity index (χ4v) is 5.10. The van der Waals surface area contributed by atoms with Crippen LogP contribution < -0.4 is 4.90 Å². The van der Waals surface area contributed by atoms with Gasteiger partial charge in [0, 0.05) is 28.1 Å². The van der Waals surface area contributed by atoms with Crippen molar-refractivity contribution < 1.29 is 0 Å². The number of hydrogen-bond donors (Lipinski definition) is 0. The van der Waals surface area contributed by atoms with Crippen molar-refractivity contribution >= 4 is 38.5 Å². The minimum Gasteiger partial charge on any atom is -0.308 e. The van der Waals surface area contributed by atoms with Gasteiger partial charge in [-0.3, -0.25) is 4.98 Å². The van der Waals surface area contributed by atoms with E-state index in [4.69, 9.17) is 4.98 Å². The van der Waals surface area contributed by atoms with Crippen LogP contribution in [0.5, 0.6) is 0 Å². The van der Waals surface area contributed by atoms with E-state index in [-0.39, 0.29) is 0 Å². The summed E-state index contributed by atoms with van der Waals surface area (Å²) in [7, 11) is 0. The zero-order chi connectivity index (χ0) is 17.5. The van der Waals surface area contributed by atoms with Crippen LogP contribution >= 0.6 is 0 Å². The molecule has 0 N–H and O–H groups in total. The van der Waals surface area contributed by atoms with Crippen LogP contribution in [-0.4, -0.2) is 4.98 Å². The standard InChI is InChI=1S/C25H16N2/c1-2-9-20-19(7-1)24-23-16(13-14-26-24)11-12-18-17-8-3-5-15-6-4-10-21(22(15)17)27(20)25(18)23/h3-14H,1-2H2. The normalized spacial score (nSPS) is 16.2. The van der Waals surface area contributed by atoms with Crippen molar-refractivity contribution in [2.24, 2.45) is 0 Å². The highest BCUT2D eigenvalue weighted by atomic mass is 15.2. The summed E-state index contributed by atoms with van der Waals surface area (Å²) in [5.74, 6) is 0. The van der Waals surface area contributed by atoms with Crippen molar-refractivity contribution in [2.75, 3.05) is 4.90 Å². The maximum atomic E-state index is 4.82. The van der Waals surface area contributed by atoms with Crippen LogP contribution in [-0.2, 0) is 0 Å². The monoisotopic (exact) mass is 344 g/mol. The van der Waals surface area contributed by atoms with Crippen LogP contribution in [0.1, 0.15) is 18.5 Å². The van der Waals surface area contributed by atoms with E-state index in [1.54, 1.807) is 0 Å². The van der Waals surface area contributed by atoms with Gasteiger partial charge < -0.3 is 4.90 Å². The molecule has 0 atom stereocenters. The van der Waals surface area contributed by atoms with Crippen LogP contribution in [0.15, 0.2) is 78.6 Å². The van der Waals surface area contributed by atoms with Crippen LogP contribution in [0.4, 0.5) is 11.4 Å². The number of anilines is 2. The van der Waals surface area contributed by atoms with Gasteiger partial charge in [0.25, 0.3) is 0 Å². The van der Waals surface area contributed by atoms with Gasteiger partial charge in [0.1, 0.15) is 0 Å². The summed E-state index contributed by atoms with van der Waals surface area (Å²) in [5.41, 5.74) is 8.94. The maximum Gasteiger partial charge on any atom is 0.0819 e. The lowest BCUT2D eigenvalue weighted by Crippen LogP contribution is -2.26. The molecule has 3 heterocycles. The molecular weight excluding hydrogens is 328 g/mol. The fraction of sp³-hybridized carbons (Fsp3) is 0.0800. The molecule has 27 heavy (non-hydrogen) atoms. The van der Waals surface area contributed by atoms with Crippen LogP contribution in [0, 0.1) is 0 Å². The molecule has 7 rings (SSSR count). The van der Waals surface area contributed by atoms with Gasteiger partial charge in [-0.25, -0.2) is 0 Å². The van der Waals surface area contributed by atoms with Gasteiger partial charge in [0.05, 0.1) is 22.8 Å². The molecule has 0 amide bonds. The smallest absolute Gasteiger partial charge is 0.0819 e. The molecule has 0 bridgehead atoms. The minimum absolute atomic E-state index is 1.08. The van der Waals surface area contributed by atoms with E-state index < -0.39 is 0 Å². The Morgan fingerprint density at radius 3 is 2.56 bits per heavy atom. The van der Waals surface area contributed by atoms with E-state index in [0.29, 0.717) is 0 Å². The third-order valence-electron chi connectivity index (χ3n) is 6.17. The second-order valence-corrected chi connectivity index (χ2v) is 7.52. The van der Waals surface area contributed by atoms with E-state index in [1.165, 1.54) is 55.3 Å². The SMILES string of the molecule is C1=C2C(=CCC1)N1c3cccc4cccc(c34)-c3ccc4ccnc2c4c31. The van der Waals surface area contributed by atoms with Crippen LogP contribution in [0.3, 0.4) is 0 Å². The van der Waals surface area contributed by atoms with Crippen LogP contribution in [0.2, 0.25) is 0 Å². The molecule has 0 unspecified atom stereocenters. The molecule has 126 valence electrons. The van der Waals surface area contributed by atoms with E-state index in [0.717, 1.165) is 18.5 Å². The van der Waals surface area contributed by atoms with Gasteiger partial charge in [0.15, 0.2) is 0 Å². The second-order valence-electron chi connectivity index (χ2n) is 7.52. The first-order chi connectivity index (χ1) is 13.4. The maximum absolute atomic E-state index is 4.82. The van der Waals surface area contributed by atoms with Gasteiger partial charge in [-0.05, 0) is 41.3 Å². The van der Waals surface area contributed by atoms with Gasteiger partial charge in [0.2, 0.25) is 0 Å². The largest absolute Gasteiger partial charge is 0.308 e. The quantitative estimate of drug-likeness (QED) is 0.358. The Kier molecular flexibility index (Phi) is 2.38. The molecule has 1 aliphatic carbocycles. The summed E-state index contributed by atoms with van der Waals surface area (Å²) < 4.78 is 0. The van der Waals surface area contributed by atoms with Crippen molar-refractivity contribution in [1.29, 1.82) is 0 Å². The first-order valence-electron chi connectivity index (χ1n) is 9.57. The number of pyridine rings is 1. The summed E-state index contributed by atoms with van der Waals surface area (Å²) in [5, 5.41) is 5.20. The lowest BCUT2D eigenvalue weighted by molar-refractivity contribution is 0.997. The molecule has 3 aliphatic rings. The zero-order valence-electron chi connectivity index (χ0n) is 14.7. The Balaban J connectivity index is 1.78. The molecule has 4 aromatic rings. The molecule has 0 radical (unpaired) electrons.